The van der Waals surface area contributed by atoms with Crippen LogP contribution in [0.3, 0.4) is 0 Å². The number of nitrogens with one attached hydrogen (secondary N) is 1. The fraction of sp³-hybridized carbons (Fsp3) is 0.500. The molecule has 1 aromatic rings. The van der Waals surface area contributed by atoms with Gasteiger partial charge in [0.2, 0.25) is 11.8 Å². The summed E-state index contributed by atoms with van der Waals surface area (Å²) in [6.45, 7) is 0.576. The Morgan fingerprint density at radius 3 is 2.82 bits per heavy atom. The van der Waals surface area contributed by atoms with Gasteiger partial charge in [0.05, 0.1) is 0 Å². The van der Waals surface area contributed by atoms with Crippen molar-refractivity contribution in [2.75, 3.05) is 11.4 Å². The number of hydrogen-bond acceptors (Lipinski definition) is 3. The van der Waals surface area contributed by atoms with Crippen molar-refractivity contribution in [3.63, 3.8) is 0 Å². The Kier molecular flexibility index (Phi) is 4.11. The summed E-state index contributed by atoms with van der Waals surface area (Å²) in [7, 11) is 0. The number of carbonyl (C=O) groups is 2. The molecule has 0 aromatic heterocycles. The van der Waals surface area contributed by atoms with E-state index >= 15 is 0 Å². The predicted molar refractivity (Wildman–Crippen MR) is 80.7 cm³/mol. The van der Waals surface area contributed by atoms with Gasteiger partial charge in [-0.3, -0.25) is 14.5 Å². The number of halogens is 1. The third-order valence-electron chi connectivity index (χ3n) is 4.37. The molecule has 118 valence electrons. The topological polar surface area (TPSA) is 75.4 Å². The van der Waals surface area contributed by atoms with Gasteiger partial charge in [0.15, 0.2) is 0 Å². The van der Waals surface area contributed by atoms with E-state index < -0.39 is 11.9 Å². The second kappa shape index (κ2) is 6.04. The number of nitrogens with two attached hydrogens (primary N) is 1. The van der Waals surface area contributed by atoms with Crippen molar-refractivity contribution >= 4 is 17.5 Å². The van der Waals surface area contributed by atoms with E-state index in [0.29, 0.717) is 30.6 Å². The first-order valence-corrected chi connectivity index (χ1v) is 7.72. The average Bonchev–Trinajstić information content (AvgIpc) is 2.86. The molecule has 5 nitrogen and oxygen atoms in total. The Morgan fingerprint density at radius 2 is 2.00 bits per heavy atom. The summed E-state index contributed by atoms with van der Waals surface area (Å²) >= 11 is 0. The number of benzene rings is 1. The smallest absolute Gasteiger partial charge is 0.243 e. The van der Waals surface area contributed by atoms with E-state index in [1.807, 2.05) is 0 Å². The summed E-state index contributed by atoms with van der Waals surface area (Å²) in [6, 6.07) is 3.62. The minimum absolute atomic E-state index is 0.151. The van der Waals surface area contributed by atoms with Gasteiger partial charge in [-0.2, -0.15) is 0 Å². The van der Waals surface area contributed by atoms with Crippen LogP contribution < -0.4 is 16.0 Å². The molecule has 2 bridgehead atoms. The zero-order valence-corrected chi connectivity index (χ0v) is 12.3. The third kappa shape index (κ3) is 2.83. The number of hydrogen-bond donors (Lipinski definition) is 2. The third-order valence-corrected chi connectivity index (χ3v) is 4.37. The maximum Gasteiger partial charge on any atom is 0.243 e. The molecule has 3 rings (SSSR count). The van der Waals surface area contributed by atoms with Crippen LogP contribution in [-0.4, -0.2) is 24.4 Å². The number of carbonyl (C=O) groups excluding carboxylic acids is 2. The van der Waals surface area contributed by atoms with Crippen molar-refractivity contribution in [2.24, 2.45) is 5.73 Å². The van der Waals surface area contributed by atoms with Gasteiger partial charge in [0.1, 0.15) is 11.9 Å². The molecule has 2 aliphatic rings. The molecule has 1 saturated heterocycles. The molecular formula is C16H20FN3O2. The van der Waals surface area contributed by atoms with Gasteiger partial charge in [-0.05, 0) is 49.4 Å². The van der Waals surface area contributed by atoms with E-state index in [9.17, 15) is 14.0 Å². The molecule has 2 heterocycles. The first kappa shape index (κ1) is 15.0. The molecule has 2 atom stereocenters. The summed E-state index contributed by atoms with van der Waals surface area (Å²) < 4.78 is 13.9. The van der Waals surface area contributed by atoms with Crippen molar-refractivity contribution in [2.45, 2.75) is 44.2 Å². The van der Waals surface area contributed by atoms with Crippen molar-refractivity contribution in [3.05, 3.63) is 29.6 Å². The molecule has 2 unspecified atom stereocenters. The molecule has 0 radical (unpaired) electrons. The monoisotopic (exact) mass is 305 g/mol. The Hall–Kier alpha value is -1.95. The number of rotatable bonds is 0. The van der Waals surface area contributed by atoms with Crippen molar-refractivity contribution < 1.29 is 14.0 Å². The van der Waals surface area contributed by atoms with Crippen molar-refractivity contribution in [3.8, 4) is 0 Å². The van der Waals surface area contributed by atoms with Gasteiger partial charge < -0.3 is 11.1 Å². The summed E-state index contributed by atoms with van der Waals surface area (Å²) in [5, 5.41) is 2.86. The average molecular weight is 305 g/mol. The van der Waals surface area contributed by atoms with Gasteiger partial charge >= 0.3 is 0 Å². The maximum absolute atomic E-state index is 13.9. The van der Waals surface area contributed by atoms with Crippen LogP contribution in [0.1, 0.15) is 43.7 Å². The molecule has 0 spiro atoms. The van der Waals surface area contributed by atoms with Crippen molar-refractivity contribution in [1.82, 2.24) is 5.32 Å². The van der Waals surface area contributed by atoms with Gasteiger partial charge in [-0.25, -0.2) is 4.39 Å². The molecule has 22 heavy (non-hydrogen) atoms. The molecule has 6 heteroatoms. The number of nitrogens with zero attached hydrogens (tertiary/aromatic N) is 1. The highest BCUT2D eigenvalue weighted by molar-refractivity contribution is 6.03. The second-order valence-corrected chi connectivity index (χ2v) is 5.95. The number of anilines is 1. The predicted octanol–water partition coefficient (Wildman–Crippen LogP) is 1.62. The normalized spacial score (nSPS) is 26.0. The zero-order chi connectivity index (χ0) is 15.7. The summed E-state index contributed by atoms with van der Waals surface area (Å²) in [6.07, 6.45) is 3.16. The summed E-state index contributed by atoms with van der Waals surface area (Å²) in [4.78, 5) is 25.9. The van der Waals surface area contributed by atoms with E-state index in [0.717, 1.165) is 19.3 Å². The standard InChI is InChI=1S/C16H20FN3O2/c17-11-7-10-8-12(9-11)20-14(4-5-15(20)21)16(22)19-6-2-1-3-13(10)18/h7-9,13-14H,1-6,18H2,(H,19,22). The fourth-order valence-corrected chi connectivity index (χ4v) is 3.19. The van der Waals surface area contributed by atoms with E-state index in [4.69, 9.17) is 5.73 Å². The summed E-state index contributed by atoms with van der Waals surface area (Å²) in [5.41, 5.74) is 7.23. The lowest BCUT2D eigenvalue weighted by Crippen LogP contribution is -2.45. The zero-order valence-electron chi connectivity index (χ0n) is 12.3. The van der Waals surface area contributed by atoms with E-state index in [1.54, 1.807) is 6.07 Å². The lowest BCUT2D eigenvalue weighted by atomic mass is 10.00. The minimum Gasteiger partial charge on any atom is -0.354 e. The van der Waals surface area contributed by atoms with Crippen LogP contribution in [0.4, 0.5) is 10.1 Å². The minimum atomic E-state index is -0.558. The van der Waals surface area contributed by atoms with Gasteiger partial charge in [-0.15, -0.1) is 0 Å². The van der Waals surface area contributed by atoms with Crippen LogP contribution in [0.2, 0.25) is 0 Å². The Bertz CT molecular complexity index is 605. The molecule has 0 saturated carbocycles. The van der Waals surface area contributed by atoms with Crippen LogP contribution in [0.5, 0.6) is 0 Å². The van der Waals surface area contributed by atoms with Crippen LogP contribution in [0.25, 0.3) is 0 Å². The van der Waals surface area contributed by atoms with Gasteiger partial charge in [0.25, 0.3) is 0 Å². The van der Waals surface area contributed by atoms with Crippen LogP contribution in [0.15, 0.2) is 18.2 Å². The van der Waals surface area contributed by atoms with Crippen LogP contribution in [-0.2, 0) is 9.59 Å². The maximum atomic E-state index is 13.9. The molecular weight excluding hydrogens is 285 g/mol. The Balaban J connectivity index is 2.04. The quantitative estimate of drug-likeness (QED) is 0.765. The lowest BCUT2D eigenvalue weighted by Gasteiger charge is -2.26. The highest BCUT2D eigenvalue weighted by atomic mass is 19.1. The summed E-state index contributed by atoms with van der Waals surface area (Å²) in [5.74, 6) is -0.747. The van der Waals surface area contributed by atoms with E-state index in [1.165, 1.54) is 17.0 Å². The molecule has 0 aliphatic carbocycles. The molecule has 2 aliphatic heterocycles. The number of fused-ring (bicyclic) bond motifs is 4. The first-order chi connectivity index (χ1) is 10.6. The Labute approximate surface area is 128 Å². The Morgan fingerprint density at radius 1 is 1.18 bits per heavy atom. The number of amides is 2. The first-order valence-electron chi connectivity index (χ1n) is 7.72. The van der Waals surface area contributed by atoms with Crippen molar-refractivity contribution in [1.29, 1.82) is 0 Å². The molecule has 1 aromatic carbocycles. The highest BCUT2D eigenvalue weighted by Gasteiger charge is 2.37. The largest absolute Gasteiger partial charge is 0.354 e. The van der Waals surface area contributed by atoms with E-state index in [2.05, 4.69) is 5.32 Å². The van der Waals surface area contributed by atoms with Gasteiger partial charge in [0, 0.05) is 24.7 Å². The molecule has 3 N–H and O–H groups in total. The highest BCUT2D eigenvalue weighted by Crippen LogP contribution is 2.31. The molecule has 1 fully saturated rings. The molecule has 2 amide bonds. The van der Waals surface area contributed by atoms with Gasteiger partial charge in [-0.1, -0.05) is 0 Å². The van der Waals surface area contributed by atoms with E-state index in [-0.39, 0.29) is 17.9 Å². The van der Waals surface area contributed by atoms with Crippen LogP contribution >= 0.6 is 0 Å². The lowest BCUT2D eigenvalue weighted by molar-refractivity contribution is -0.123. The van der Waals surface area contributed by atoms with Crippen LogP contribution in [0, 0.1) is 5.82 Å². The fourth-order valence-electron chi connectivity index (χ4n) is 3.19. The second-order valence-electron chi connectivity index (χ2n) is 5.95. The SMILES string of the molecule is NC1CCCCNC(=O)C2CCC(=O)N2c2cc(F)cc1c2.